The van der Waals surface area contributed by atoms with Crippen LogP contribution in [-0.4, -0.2) is 16.0 Å². The first-order valence-electron chi connectivity index (χ1n) is 5.10. The summed E-state index contributed by atoms with van der Waals surface area (Å²) in [5, 5.41) is 4.16. The van der Waals surface area contributed by atoms with Gasteiger partial charge in [0.25, 0.3) is 0 Å². The summed E-state index contributed by atoms with van der Waals surface area (Å²) < 4.78 is 0. The fraction of sp³-hybridized carbons (Fsp3) is 0.167. The number of hydrogen-bond donors (Lipinski definition) is 2. The average molecular weight is 214 g/mol. The van der Waals surface area contributed by atoms with Crippen LogP contribution in [-0.2, 0) is 0 Å². The summed E-state index contributed by atoms with van der Waals surface area (Å²) in [6.45, 7) is 5.73. The Morgan fingerprint density at radius 2 is 2.25 bits per heavy atom. The van der Waals surface area contributed by atoms with Crippen molar-refractivity contribution in [3.8, 4) is 0 Å². The van der Waals surface area contributed by atoms with Crippen molar-refractivity contribution < 1.29 is 0 Å². The molecule has 82 valence electrons. The molecule has 1 aromatic heterocycles. The molecule has 4 nitrogen and oxygen atoms in total. The van der Waals surface area contributed by atoms with Crippen molar-refractivity contribution in [1.82, 2.24) is 9.97 Å². The maximum Gasteiger partial charge on any atom is 0.137 e. The Morgan fingerprint density at radius 3 is 3.00 bits per heavy atom. The van der Waals surface area contributed by atoms with E-state index < -0.39 is 0 Å². The molecule has 0 saturated heterocycles. The van der Waals surface area contributed by atoms with Gasteiger partial charge in [0.05, 0.1) is 5.52 Å². The number of aromatic nitrogens is 2. The van der Waals surface area contributed by atoms with Crippen molar-refractivity contribution in [2.75, 3.05) is 11.1 Å². The number of benzene rings is 1. The molecule has 3 N–H and O–H groups in total. The molecule has 0 saturated carbocycles. The third-order valence-electron chi connectivity index (χ3n) is 2.38. The molecule has 0 amide bonds. The van der Waals surface area contributed by atoms with Crippen LogP contribution in [0.15, 0.2) is 37.2 Å². The van der Waals surface area contributed by atoms with Gasteiger partial charge in [0, 0.05) is 17.1 Å². The summed E-state index contributed by atoms with van der Waals surface area (Å²) in [6, 6.07) is 5.74. The minimum absolute atomic E-state index is 0.152. The highest BCUT2D eigenvalue weighted by atomic mass is 15.0. The van der Waals surface area contributed by atoms with E-state index >= 15 is 0 Å². The Balaban J connectivity index is 2.51. The van der Waals surface area contributed by atoms with Gasteiger partial charge < -0.3 is 11.1 Å². The lowest BCUT2D eigenvalue weighted by Gasteiger charge is -2.11. The summed E-state index contributed by atoms with van der Waals surface area (Å²) in [4.78, 5) is 8.39. The van der Waals surface area contributed by atoms with Gasteiger partial charge in [-0.05, 0) is 25.1 Å². The van der Waals surface area contributed by atoms with Gasteiger partial charge in [0.15, 0.2) is 0 Å². The van der Waals surface area contributed by atoms with Crippen LogP contribution in [0.2, 0.25) is 0 Å². The zero-order valence-corrected chi connectivity index (χ0v) is 9.14. The van der Waals surface area contributed by atoms with E-state index in [1.165, 1.54) is 6.33 Å². The van der Waals surface area contributed by atoms with Gasteiger partial charge in [-0.1, -0.05) is 6.08 Å². The summed E-state index contributed by atoms with van der Waals surface area (Å²) in [5.74, 6) is 0.782. The minimum Gasteiger partial charge on any atom is -0.399 e. The molecule has 0 bridgehead atoms. The lowest BCUT2D eigenvalue weighted by atomic mass is 10.2. The van der Waals surface area contributed by atoms with Crippen LogP contribution in [0.4, 0.5) is 11.5 Å². The molecule has 1 atom stereocenters. The van der Waals surface area contributed by atoms with E-state index in [9.17, 15) is 0 Å². The second-order valence-corrected chi connectivity index (χ2v) is 3.67. The van der Waals surface area contributed by atoms with Gasteiger partial charge in [0.1, 0.15) is 12.1 Å². The minimum atomic E-state index is 0.152. The van der Waals surface area contributed by atoms with Crippen molar-refractivity contribution >= 4 is 22.4 Å². The van der Waals surface area contributed by atoms with E-state index in [0.717, 1.165) is 16.7 Å². The molecule has 0 fully saturated rings. The SMILES string of the molecule is C=CC(C)Nc1ncnc2ccc(N)cc12. The molecule has 0 radical (unpaired) electrons. The molecular weight excluding hydrogens is 200 g/mol. The van der Waals surface area contributed by atoms with Gasteiger partial charge >= 0.3 is 0 Å². The van der Waals surface area contributed by atoms with Crippen LogP contribution in [0.3, 0.4) is 0 Å². The van der Waals surface area contributed by atoms with Crippen LogP contribution in [0.1, 0.15) is 6.92 Å². The Labute approximate surface area is 94.2 Å². The van der Waals surface area contributed by atoms with Gasteiger partial charge in [-0.15, -0.1) is 6.58 Å². The highest BCUT2D eigenvalue weighted by Gasteiger charge is 2.05. The molecule has 1 heterocycles. The fourth-order valence-corrected chi connectivity index (χ4v) is 1.46. The monoisotopic (exact) mass is 214 g/mol. The lowest BCUT2D eigenvalue weighted by Crippen LogP contribution is -2.12. The van der Waals surface area contributed by atoms with E-state index in [-0.39, 0.29) is 6.04 Å². The molecule has 2 aromatic rings. The lowest BCUT2D eigenvalue weighted by molar-refractivity contribution is 0.984. The normalized spacial score (nSPS) is 12.3. The zero-order chi connectivity index (χ0) is 11.5. The number of nitrogens with two attached hydrogens (primary N) is 1. The maximum atomic E-state index is 5.75. The van der Waals surface area contributed by atoms with E-state index in [0.29, 0.717) is 5.69 Å². The number of fused-ring (bicyclic) bond motifs is 1. The van der Waals surface area contributed by atoms with E-state index in [2.05, 4.69) is 21.9 Å². The quantitative estimate of drug-likeness (QED) is 0.607. The average Bonchev–Trinajstić information content (AvgIpc) is 2.29. The molecular formula is C12H14N4. The largest absolute Gasteiger partial charge is 0.399 e. The van der Waals surface area contributed by atoms with E-state index in [1.54, 1.807) is 0 Å². The Hall–Kier alpha value is -2.10. The molecule has 2 rings (SSSR count). The van der Waals surface area contributed by atoms with Gasteiger partial charge in [-0.25, -0.2) is 9.97 Å². The molecule has 0 spiro atoms. The van der Waals surface area contributed by atoms with Crippen LogP contribution in [0.25, 0.3) is 10.9 Å². The third-order valence-corrected chi connectivity index (χ3v) is 2.38. The Kier molecular flexibility index (Phi) is 2.72. The molecule has 0 aliphatic carbocycles. The Morgan fingerprint density at radius 1 is 1.44 bits per heavy atom. The summed E-state index contributed by atoms with van der Waals surface area (Å²) in [6.07, 6.45) is 3.36. The number of hydrogen-bond acceptors (Lipinski definition) is 4. The number of nitrogens with zero attached hydrogens (tertiary/aromatic N) is 2. The van der Waals surface area contributed by atoms with Crippen LogP contribution >= 0.6 is 0 Å². The standard InChI is InChI=1S/C12H14N4/c1-3-8(2)16-12-10-6-9(13)4-5-11(10)14-7-15-12/h3-8H,1,13H2,2H3,(H,14,15,16). The van der Waals surface area contributed by atoms with Crippen LogP contribution in [0, 0.1) is 0 Å². The first-order valence-corrected chi connectivity index (χ1v) is 5.10. The van der Waals surface area contributed by atoms with Crippen molar-refractivity contribution in [2.24, 2.45) is 0 Å². The van der Waals surface area contributed by atoms with Gasteiger partial charge in [-0.2, -0.15) is 0 Å². The number of anilines is 2. The Bertz CT molecular complexity index is 521. The van der Waals surface area contributed by atoms with Crippen LogP contribution < -0.4 is 11.1 Å². The van der Waals surface area contributed by atoms with Crippen molar-refractivity contribution in [3.63, 3.8) is 0 Å². The predicted octanol–water partition coefficient (Wildman–Crippen LogP) is 2.20. The summed E-state index contributed by atoms with van der Waals surface area (Å²) in [5.41, 5.74) is 7.34. The zero-order valence-electron chi connectivity index (χ0n) is 9.14. The third kappa shape index (κ3) is 1.95. The van der Waals surface area contributed by atoms with Crippen molar-refractivity contribution in [3.05, 3.63) is 37.2 Å². The molecule has 1 aromatic carbocycles. The summed E-state index contributed by atoms with van der Waals surface area (Å²) >= 11 is 0. The topological polar surface area (TPSA) is 63.8 Å². The highest BCUT2D eigenvalue weighted by molar-refractivity contribution is 5.91. The fourth-order valence-electron chi connectivity index (χ4n) is 1.46. The van der Waals surface area contributed by atoms with E-state index in [1.807, 2.05) is 31.2 Å². The van der Waals surface area contributed by atoms with E-state index in [4.69, 9.17) is 5.73 Å². The predicted molar refractivity (Wildman–Crippen MR) is 67.2 cm³/mol. The van der Waals surface area contributed by atoms with Gasteiger partial charge in [0.2, 0.25) is 0 Å². The highest BCUT2D eigenvalue weighted by Crippen LogP contribution is 2.22. The molecule has 16 heavy (non-hydrogen) atoms. The first kappa shape index (κ1) is 10.4. The maximum absolute atomic E-state index is 5.75. The second kappa shape index (κ2) is 4.18. The number of rotatable bonds is 3. The second-order valence-electron chi connectivity index (χ2n) is 3.67. The molecule has 0 aliphatic rings. The van der Waals surface area contributed by atoms with Gasteiger partial charge in [-0.3, -0.25) is 0 Å². The molecule has 0 aliphatic heterocycles. The smallest absolute Gasteiger partial charge is 0.137 e. The first-order chi connectivity index (χ1) is 7.70. The number of nitrogens with one attached hydrogen (secondary N) is 1. The van der Waals surface area contributed by atoms with Crippen molar-refractivity contribution in [1.29, 1.82) is 0 Å². The summed E-state index contributed by atoms with van der Waals surface area (Å²) in [7, 11) is 0. The van der Waals surface area contributed by atoms with Crippen molar-refractivity contribution in [2.45, 2.75) is 13.0 Å². The molecule has 1 unspecified atom stereocenters. The number of nitrogen functional groups attached to an aromatic ring is 1. The molecule has 4 heteroatoms. The van der Waals surface area contributed by atoms with Crippen LogP contribution in [0.5, 0.6) is 0 Å².